The summed E-state index contributed by atoms with van der Waals surface area (Å²) in [6.45, 7) is 6.29. The predicted molar refractivity (Wildman–Crippen MR) is 89.5 cm³/mol. The Bertz CT molecular complexity index is 758. The van der Waals surface area contributed by atoms with Crippen LogP contribution >= 0.6 is 23.1 Å². The van der Waals surface area contributed by atoms with Crippen molar-refractivity contribution < 1.29 is 0 Å². The second-order valence-corrected chi connectivity index (χ2v) is 7.02. The normalized spacial score (nSPS) is 11.0. The minimum atomic E-state index is 0.853. The van der Waals surface area contributed by atoms with Gasteiger partial charge in [-0.1, -0.05) is 29.5 Å². The summed E-state index contributed by atoms with van der Waals surface area (Å²) in [5, 5.41) is 4.24. The summed E-state index contributed by atoms with van der Waals surface area (Å²) in [4.78, 5) is 8.98. The first-order valence-corrected chi connectivity index (χ1v) is 8.65. The maximum atomic E-state index is 4.50. The third-order valence-electron chi connectivity index (χ3n) is 3.23. The topological polar surface area (TPSA) is 30.7 Å². The Morgan fingerprint density at radius 1 is 1.24 bits per heavy atom. The Labute approximate surface area is 133 Å². The molecule has 21 heavy (non-hydrogen) atoms. The molecule has 0 N–H and O–H groups in total. The van der Waals surface area contributed by atoms with E-state index < -0.39 is 0 Å². The first kappa shape index (κ1) is 14.4. The number of thiazole rings is 1. The molecule has 0 saturated carbocycles. The highest BCUT2D eigenvalue weighted by Crippen LogP contribution is 2.26. The van der Waals surface area contributed by atoms with Crippen LogP contribution in [0.5, 0.6) is 0 Å². The molecule has 2 heterocycles. The summed E-state index contributed by atoms with van der Waals surface area (Å²) in [6, 6.07) is 6.50. The second kappa shape index (κ2) is 6.03. The molecule has 0 saturated heterocycles. The van der Waals surface area contributed by atoms with Gasteiger partial charge in [0.25, 0.3) is 0 Å². The lowest BCUT2D eigenvalue weighted by Gasteiger charge is -2.10. The third-order valence-corrected chi connectivity index (χ3v) is 5.06. The van der Waals surface area contributed by atoms with E-state index in [4.69, 9.17) is 0 Å². The fourth-order valence-corrected chi connectivity index (χ4v) is 3.85. The molecule has 3 nitrogen and oxygen atoms in total. The molecule has 0 aliphatic rings. The molecule has 3 rings (SSSR count). The molecule has 0 amide bonds. The van der Waals surface area contributed by atoms with Crippen molar-refractivity contribution in [2.24, 2.45) is 0 Å². The van der Waals surface area contributed by atoms with Gasteiger partial charge in [-0.15, -0.1) is 11.3 Å². The van der Waals surface area contributed by atoms with Crippen LogP contribution in [0.4, 0.5) is 0 Å². The Balaban J connectivity index is 1.83. The number of rotatable bonds is 4. The van der Waals surface area contributed by atoms with Crippen LogP contribution in [0.15, 0.2) is 41.1 Å². The third kappa shape index (κ3) is 3.19. The molecule has 0 spiro atoms. The smallest absolute Gasteiger partial charge is 0.172 e. The molecule has 0 atom stereocenters. The molecule has 0 fully saturated rings. The Morgan fingerprint density at radius 2 is 2.10 bits per heavy atom. The largest absolute Gasteiger partial charge is 0.295 e. The Hall–Kier alpha value is -1.59. The molecule has 1 aromatic carbocycles. The van der Waals surface area contributed by atoms with Crippen LogP contribution in [0.25, 0.3) is 5.69 Å². The average Bonchev–Trinajstić information content (AvgIpc) is 3.05. The number of imidazole rings is 1. The van der Waals surface area contributed by atoms with Gasteiger partial charge in [-0.25, -0.2) is 9.97 Å². The van der Waals surface area contributed by atoms with Crippen molar-refractivity contribution in [2.45, 2.75) is 31.7 Å². The van der Waals surface area contributed by atoms with E-state index in [-0.39, 0.29) is 0 Å². The molecule has 0 bridgehead atoms. The van der Waals surface area contributed by atoms with Crippen LogP contribution < -0.4 is 0 Å². The standard InChI is InChI=1S/C16H17N3S2/c1-11-4-5-15(12(2)8-11)19-7-6-17-16(19)21-10-14-9-20-13(3)18-14/h4-9H,10H2,1-3H3. The first-order valence-electron chi connectivity index (χ1n) is 6.78. The van der Waals surface area contributed by atoms with Gasteiger partial charge in [0.1, 0.15) is 0 Å². The summed E-state index contributed by atoms with van der Waals surface area (Å²) in [6.07, 6.45) is 3.88. The zero-order valence-corrected chi connectivity index (χ0v) is 14.0. The molecule has 3 aromatic rings. The highest BCUT2D eigenvalue weighted by Gasteiger charge is 2.09. The molecule has 0 aliphatic carbocycles. The number of aryl methyl sites for hydroxylation is 3. The van der Waals surface area contributed by atoms with Crippen LogP contribution in [-0.4, -0.2) is 14.5 Å². The van der Waals surface area contributed by atoms with Gasteiger partial charge < -0.3 is 0 Å². The fraction of sp³-hybridized carbons (Fsp3) is 0.250. The highest BCUT2D eigenvalue weighted by molar-refractivity contribution is 7.98. The van der Waals surface area contributed by atoms with E-state index in [1.54, 1.807) is 23.1 Å². The lowest BCUT2D eigenvalue weighted by molar-refractivity contribution is 0.886. The van der Waals surface area contributed by atoms with Gasteiger partial charge in [0.05, 0.1) is 16.4 Å². The number of hydrogen-bond acceptors (Lipinski definition) is 4. The fourth-order valence-electron chi connectivity index (χ4n) is 2.27. The number of nitrogens with zero attached hydrogens (tertiary/aromatic N) is 3. The molecular weight excluding hydrogens is 298 g/mol. The first-order chi connectivity index (χ1) is 10.1. The lowest BCUT2D eigenvalue weighted by atomic mass is 10.1. The Kier molecular flexibility index (Phi) is 4.12. The number of hydrogen-bond donors (Lipinski definition) is 0. The summed E-state index contributed by atoms with van der Waals surface area (Å²) in [5.41, 5.74) is 4.86. The van der Waals surface area contributed by atoms with E-state index in [9.17, 15) is 0 Å². The van der Waals surface area contributed by atoms with Crippen LogP contribution in [0.1, 0.15) is 21.8 Å². The number of aromatic nitrogens is 3. The van der Waals surface area contributed by atoms with E-state index in [2.05, 4.69) is 52.0 Å². The second-order valence-electron chi connectivity index (χ2n) is 5.02. The summed E-state index contributed by atoms with van der Waals surface area (Å²) >= 11 is 3.42. The van der Waals surface area contributed by atoms with Crippen molar-refractivity contribution in [1.82, 2.24) is 14.5 Å². The van der Waals surface area contributed by atoms with Crippen molar-refractivity contribution in [2.75, 3.05) is 0 Å². The minimum absolute atomic E-state index is 0.853. The monoisotopic (exact) mass is 315 g/mol. The number of benzene rings is 1. The number of thioether (sulfide) groups is 1. The van der Waals surface area contributed by atoms with Gasteiger partial charge in [-0.2, -0.15) is 0 Å². The Morgan fingerprint density at radius 3 is 2.81 bits per heavy atom. The highest BCUT2D eigenvalue weighted by atomic mass is 32.2. The predicted octanol–water partition coefficient (Wildman–Crippen LogP) is 4.55. The van der Waals surface area contributed by atoms with Gasteiger partial charge in [-0.05, 0) is 32.4 Å². The quantitative estimate of drug-likeness (QED) is 0.662. The van der Waals surface area contributed by atoms with Crippen LogP contribution in [0.3, 0.4) is 0 Å². The summed E-state index contributed by atoms with van der Waals surface area (Å²) in [5.74, 6) is 0.853. The zero-order chi connectivity index (χ0) is 14.8. The molecular formula is C16H17N3S2. The van der Waals surface area contributed by atoms with Gasteiger partial charge in [-0.3, -0.25) is 4.57 Å². The maximum absolute atomic E-state index is 4.50. The van der Waals surface area contributed by atoms with Gasteiger partial charge in [0, 0.05) is 23.5 Å². The van der Waals surface area contributed by atoms with Crippen molar-refractivity contribution in [1.29, 1.82) is 0 Å². The maximum Gasteiger partial charge on any atom is 0.172 e. The van der Waals surface area contributed by atoms with E-state index in [0.29, 0.717) is 0 Å². The minimum Gasteiger partial charge on any atom is -0.295 e. The van der Waals surface area contributed by atoms with Crippen molar-refractivity contribution in [3.63, 3.8) is 0 Å². The average molecular weight is 315 g/mol. The van der Waals surface area contributed by atoms with Crippen LogP contribution in [0, 0.1) is 20.8 Å². The van der Waals surface area contributed by atoms with E-state index in [1.165, 1.54) is 16.8 Å². The van der Waals surface area contributed by atoms with Crippen LogP contribution in [0.2, 0.25) is 0 Å². The van der Waals surface area contributed by atoms with Gasteiger partial charge >= 0.3 is 0 Å². The molecule has 0 unspecified atom stereocenters. The van der Waals surface area contributed by atoms with Crippen molar-refractivity contribution >= 4 is 23.1 Å². The summed E-state index contributed by atoms with van der Waals surface area (Å²) < 4.78 is 2.15. The SMILES string of the molecule is Cc1ccc(-n2ccnc2SCc2csc(C)n2)c(C)c1. The molecule has 2 aromatic heterocycles. The van der Waals surface area contributed by atoms with Crippen molar-refractivity contribution in [3.8, 4) is 5.69 Å². The van der Waals surface area contributed by atoms with Crippen LogP contribution in [-0.2, 0) is 5.75 Å². The summed E-state index contributed by atoms with van der Waals surface area (Å²) in [7, 11) is 0. The van der Waals surface area contributed by atoms with E-state index >= 15 is 0 Å². The molecule has 0 radical (unpaired) electrons. The zero-order valence-electron chi connectivity index (χ0n) is 12.3. The van der Waals surface area contributed by atoms with Gasteiger partial charge in [0.15, 0.2) is 5.16 Å². The lowest BCUT2D eigenvalue weighted by Crippen LogP contribution is -1.98. The molecule has 5 heteroatoms. The molecule has 108 valence electrons. The van der Waals surface area contributed by atoms with E-state index in [1.807, 2.05) is 19.3 Å². The molecule has 0 aliphatic heterocycles. The van der Waals surface area contributed by atoms with E-state index in [0.717, 1.165) is 21.6 Å². The van der Waals surface area contributed by atoms with Gasteiger partial charge in [0.2, 0.25) is 0 Å². The van der Waals surface area contributed by atoms with Crippen molar-refractivity contribution in [3.05, 3.63) is 57.8 Å².